The molecule has 0 amide bonds. The summed E-state index contributed by atoms with van der Waals surface area (Å²) < 4.78 is 2.30. The van der Waals surface area contributed by atoms with Gasteiger partial charge in [-0.15, -0.1) is 0 Å². The van der Waals surface area contributed by atoms with Gasteiger partial charge in [0, 0.05) is 16.5 Å². The molecule has 0 bridgehead atoms. The molecule has 0 atom stereocenters. The lowest BCUT2D eigenvalue weighted by Crippen LogP contribution is -2.32. The number of rotatable bonds is 3. The Balaban J connectivity index is 1.64. The van der Waals surface area contributed by atoms with Gasteiger partial charge >= 0.3 is 7.12 Å². The fraction of sp³-hybridized carbons (Fsp3) is 0.0769. The maximum Gasteiger partial charge on any atom is 0.488 e. The van der Waals surface area contributed by atoms with Crippen LogP contribution in [0.25, 0.3) is 38.6 Å². The van der Waals surface area contributed by atoms with Crippen LogP contribution in [0.5, 0.6) is 0 Å². The number of para-hydroxylation sites is 2. The molecule has 4 heteroatoms. The molecule has 0 saturated carbocycles. The first-order valence-electron chi connectivity index (χ1n) is 10.1. The Kier molecular flexibility index (Phi) is 4.46. The van der Waals surface area contributed by atoms with E-state index in [0.29, 0.717) is 5.46 Å². The molecular weight excluding hydrogens is 369 g/mol. The van der Waals surface area contributed by atoms with Crippen molar-refractivity contribution in [1.29, 1.82) is 0 Å². The topological polar surface area (TPSA) is 45.4 Å². The van der Waals surface area contributed by atoms with E-state index in [-0.39, 0.29) is 0 Å². The average molecular weight is 391 g/mol. The van der Waals surface area contributed by atoms with Crippen LogP contribution in [0.15, 0.2) is 84.9 Å². The van der Waals surface area contributed by atoms with Crippen LogP contribution in [0.1, 0.15) is 11.1 Å². The van der Waals surface area contributed by atoms with Gasteiger partial charge in [-0.2, -0.15) is 0 Å². The van der Waals surface area contributed by atoms with Crippen LogP contribution in [0.2, 0.25) is 0 Å². The number of nitrogens with zero attached hydrogens (tertiary/aromatic N) is 1. The summed E-state index contributed by atoms with van der Waals surface area (Å²) in [4.78, 5) is 0. The van der Waals surface area contributed by atoms with Gasteiger partial charge in [0.25, 0.3) is 0 Å². The number of aromatic nitrogens is 1. The first-order chi connectivity index (χ1) is 14.5. The van der Waals surface area contributed by atoms with Gasteiger partial charge in [0.15, 0.2) is 0 Å². The van der Waals surface area contributed by atoms with Crippen molar-refractivity contribution in [2.75, 3.05) is 0 Å². The van der Waals surface area contributed by atoms with Gasteiger partial charge in [-0.1, -0.05) is 66.2 Å². The van der Waals surface area contributed by atoms with Gasteiger partial charge in [-0.05, 0) is 60.3 Å². The van der Waals surface area contributed by atoms with E-state index < -0.39 is 7.12 Å². The zero-order valence-electron chi connectivity index (χ0n) is 17.0. The monoisotopic (exact) mass is 391 g/mol. The van der Waals surface area contributed by atoms with Crippen molar-refractivity contribution < 1.29 is 10.0 Å². The summed E-state index contributed by atoms with van der Waals surface area (Å²) in [5.74, 6) is 0. The molecule has 0 aliphatic carbocycles. The van der Waals surface area contributed by atoms with Crippen LogP contribution < -0.4 is 5.46 Å². The second-order valence-electron chi connectivity index (χ2n) is 7.81. The predicted octanol–water partition coefficient (Wildman–Crippen LogP) is 4.75. The van der Waals surface area contributed by atoms with E-state index in [9.17, 15) is 10.0 Å². The van der Waals surface area contributed by atoms with E-state index in [4.69, 9.17) is 0 Å². The quantitative estimate of drug-likeness (QED) is 0.436. The lowest BCUT2D eigenvalue weighted by Gasteiger charge is -2.13. The molecule has 0 saturated heterocycles. The van der Waals surface area contributed by atoms with Gasteiger partial charge in [-0.3, -0.25) is 0 Å². The van der Waals surface area contributed by atoms with Crippen molar-refractivity contribution in [1.82, 2.24) is 4.57 Å². The largest absolute Gasteiger partial charge is 0.488 e. The molecule has 0 aliphatic heterocycles. The van der Waals surface area contributed by atoms with Crippen molar-refractivity contribution in [3.8, 4) is 16.8 Å². The van der Waals surface area contributed by atoms with Gasteiger partial charge in [0.1, 0.15) is 0 Å². The molecule has 146 valence electrons. The third-order valence-electron chi connectivity index (χ3n) is 5.91. The highest BCUT2D eigenvalue weighted by Crippen LogP contribution is 2.33. The molecule has 0 spiro atoms. The molecule has 5 rings (SSSR count). The average Bonchev–Trinajstić information content (AvgIpc) is 3.09. The summed E-state index contributed by atoms with van der Waals surface area (Å²) in [6.45, 7) is 3.91. The smallest absolute Gasteiger partial charge is 0.423 e. The van der Waals surface area contributed by atoms with Crippen molar-refractivity contribution in [2.45, 2.75) is 13.8 Å². The summed E-state index contributed by atoms with van der Waals surface area (Å²) in [5, 5.41) is 21.6. The number of fused-ring (bicyclic) bond motifs is 3. The van der Waals surface area contributed by atoms with E-state index in [1.54, 1.807) is 0 Å². The van der Waals surface area contributed by atoms with E-state index >= 15 is 0 Å². The first-order valence-corrected chi connectivity index (χ1v) is 10.1. The molecule has 1 heterocycles. The lowest BCUT2D eigenvalue weighted by atomic mass is 9.75. The SMILES string of the molecule is Cc1cc(-c2ccc(-n3c4ccccc4c4ccccc43)cc2)c(C)cc1B(O)O. The lowest BCUT2D eigenvalue weighted by molar-refractivity contribution is 0.425. The van der Waals surface area contributed by atoms with Crippen LogP contribution in [0, 0.1) is 13.8 Å². The number of hydrogen-bond donors (Lipinski definition) is 2. The highest BCUT2D eigenvalue weighted by atomic mass is 16.4. The molecule has 0 unspecified atom stereocenters. The van der Waals surface area contributed by atoms with Crippen molar-refractivity contribution >= 4 is 34.4 Å². The molecule has 30 heavy (non-hydrogen) atoms. The van der Waals surface area contributed by atoms with Gasteiger partial charge in [0.05, 0.1) is 11.0 Å². The summed E-state index contributed by atoms with van der Waals surface area (Å²) in [7, 11) is -1.45. The summed E-state index contributed by atoms with van der Waals surface area (Å²) in [6, 6.07) is 29.4. The van der Waals surface area contributed by atoms with Crippen LogP contribution in [-0.4, -0.2) is 21.7 Å². The standard InChI is InChI=1S/C26H22BNO2/c1-17-16-24(27(29)30)18(2)15-23(17)19-11-13-20(14-12-19)28-25-9-5-3-7-21(25)22-8-4-6-10-26(22)28/h3-16,29-30H,1-2H3. The number of hydrogen-bond acceptors (Lipinski definition) is 2. The summed E-state index contributed by atoms with van der Waals surface area (Å²) >= 11 is 0. The fourth-order valence-electron chi connectivity index (χ4n) is 4.42. The Hall–Kier alpha value is -3.34. The maximum atomic E-state index is 9.56. The normalized spacial score (nSPS) is 11.3. The van der Waals surface area contributed by atoms with E-state index in [1.165, 1.54) is 21.8 Å². The molecule has 1 aromatic heterocycles. The van der Waals surface area contributed by atoms with Crippen molar-refractivity contribution in [3.63, 3.8) is 0 Å². The van der Waals surface area contributed by atoms with Gasteiger partial charge in [0.2, 0.25) is 0 Å². The molecular formula is C26H22BNO2. The van der Waals surface area contributed by atoms with Crippen LogP contribution in [0.3, 0.4) is 0 Å². The highest BCUT2D eigenvalue weighted by Gasteiger charge is 2.16. The summed E-state index contributed by atoms with van der Waals surface area (Å²) in [5.41, 5.74) is 8.17. The second-order valence-corrected chi connectivity index (χ2v) is 7.81. The van der Waals surface area contributed by atoms with Crippen LogP contribution in [0.4, 0.5) is 0 Å². The van der Waals surface area contributed by atoms with Crippen molar-refractivity contribution in [2.24, 2.45) is 0 Å². The molecule has 3 nitrogen and oxygen atoms in total. The zero-order chi connectivity index (χ0) is 20.8. The Morgan fingerprint density at radius 2 is 1.23 bits per heavy atom. The van der Waals surface area contributed by atoms with Crippen LogP contribution >= 0.6 is 0 Å². The maximum absolute atomic E-state index is 9.56. The second kappa shape index (κ2) is 7.17. The molecule has 0 aliphatic rings. The Morgan fingerprint density at radius 1 is 0.667 bits per heavy atom. The molecule has 2 N–H and O–H groups in total. The molecule has 0 radical (unpaired) electrons. The van der Waals surface area contributed by atoms with E-state index in [2.05, 4.69) is 77.4 Å². The van der Waals surface area contributed by atoms with Crippen LogP contribution in [-0.2, 0) is 0 Å². The minimum Gasteiger partial charge on any atom is -0.423 e. The van der Waals surface area contributed by atoms with E-state index in [0.717, 1.165) is 27.9 Å². The number of benzene rings is 4. The van der Waals surface area contributed by atoms with Gasteiger partial charge < -0.3 is 14.6 Å². The zero-order valence-corrected chi connectivity index (χ0v) is 17.0. The predicted molar refractivity (Wildman–Crippen MR) is 126 cm³/mol. The first kappa shape index (κ1) is 18.7. The Bertz CT molecular complexity index is 1330. The van der Waals surface area contributed by atoms with E-state index in [1.807, 2.05) is 26.0 Å². The third-order valence-corrected chi connectivity index (χ3v) is 5.91. The minimum absolute atomic E-state index is 0.554. The number of aryl methyl sites for hydroxylation is 2. The molecule has 5 aromatic rings. The van der Waals surface area contributed by atoms with Gasteiger partial charge in [-0.25, -0.2) is 0 Å². The summed E-state index contributed by atoms with van der Waals surface area (Å²) in [6.07, 6.45) is 0. The molecule has 0 fully saturated rings. The Labute approximate surface area is 176 Å². The fourth-order valence-corrected chi connectivity index (χ4v) is 4.42. The Morgan fingerprint density at radius 3 is 1.80 bits per heavy atom. The third kappa shape index (κ3) is 2.93. The molecule has 4 aromatic carbocycles. The van der Waals surface area contributed by atoms with Crippen molar-refractivity contribution in [3.05, 3.63) is 96.1 Å². The highest BCUT2D eigenvalue weighted by molar-refractivity contribution is 6.59. The minimum atomic E-state index is -1.45.